The molecule has 1 aromatic carbocycles. The highest BCUT2D eigenvalue weighted by Crippen LogP contribution is 2.27. The number of halogens is 2. The topological polar surface area (TPSA) is 29.9 Å². The second kappa shape index (κ2) is 5.10. The molecule has 1 unspecified atom stereocenters. The maximum Gasteiger partial charge on any atom is 0.137 e. The second-order valence-corrected chi connectivity index (χ2v) is 5.20. The van der Waals surface area contributed by atoms with Crippen LogP contribution in [0.25, 0.3) is 0 Å². The predicted octanol–water partition coefficient (Wildman–Crippen LogP) is 3.80. The van der Waals surface area contributed by atoms with E-state index in [-0.39, 0.29) is 11.9 Å². The molecule has 96 valence electrons. The molecule has 3 nitrogen and oxygen atoms in total. The van der Waals surface area contributed by atoms with E-state index in [1.165, 1.54) is 6.07 Å². The molecule has 18 heavy (non-hydrogen) atoms. The van der Waals surface area contributed by atoms with Crippen LogP contribution < -0.4 is 5.32 Å². The van der Waals surface area contributed by atoms with Crippen LogP contribution in [-0.2, 0) is 7.05 Å². The third kappa shape index (κ3) is 2.56. The van der Waals surface area contributed by atoms with E-state index >= 15 is 0 Å². The molecule has 2 rings (SSSR count). The summed E-state index contributed by atoms with van der Waals surface area (Å²) in [6.45, 7) is 3.90. The molecular formula is C13H15BrFN3. The van der Waals surface area contributed by atoms with E-state index < -0.39 is 0 Å². The van der Waals surface area contributed by atoms with Gasteiger partial charge in [-0.1, -0.05) is 0 Å². The molecule has 0 saturated carbocycles. The molecule has 0 aliphatic heterocycles. The minimum atomic E-state index is -0.248. The molecule has 0 amide bonds. The predicted molar refractivity (Wildman–Crippen MR) is 74.1 cm³/mol. The summed E-state index contributed by atoms with van der Waals surface area (Å²) in [5.41, 5.74) is 1.77. The van der Waals surface area contributed by atoms with Crippen molar-refractivity contribution in [1.82, 2.24) is 9.55 Å². The Hall–Kier alpha value is -1.36. The van der Waals surface area contributed by atoms with Gasteiger partial charge in [0.15, 0.2) is 0 Å². The molecule has 0 radical (unpaired) electrons. The molecule has 2 aromatic rings. The molecule has 0 spiro atoms. The van der Waals surface area contributed by atoms with Crippen molar-refractivity contribution in [1.29, 1.82) is 0 Å². The first-order valence-corrected chi connectivity index (χ1v) is 6.47. The van der Waals surface area contributed by atoms with Gasteiger partial charge in [0.25, 0.3) is 0 Å². The average Bonchev–Trinajstić information content (AvgIpc) is 2.72. The van der Waals surface area contributed by atoms with Gasteiger partial charge in [-0.25, -0.2) is 9.37 Å². The summed E-state index contributed by atoms with van der Waals surface area (Å²) in [7, 11) is 1.95. The molecule has 0 fully saturated rings. The molecule has 1 heterocycles. The van der Waals surface area contributed by atoms with Crippen molar-refractivity contribution in [2.75, 3.05) is 5.32 Å². The number of rotatable bonds is 3. The van der Waals surface area contributed by atoms with Crippen LogP contribution in [0.3, 0.4) is 0 Å². The van der Waals surface area contributed by atoms with Crippen LogP contribution in [-0.4, -0.2) is 9.55 Å². The van der Waals surface area contributed by atoms with E-state index in [2.05, 4.69) is 26.2 Å². The van der Waals surface area contributed by atoms with E-state index in [0.717, 1.165) is 17.1 Å². The standard InChI is InChI=1S/C13H15BrFN3/c1-8-6-11(15)10(14)7-12(8)17-9(2)13-16-4-5-18(13)3/h4-7,9,17H,1-3H3. The Balaban J connectivity index is 2.24. The summed E-state index contributed by atoms with van der Waals surface area (Å²) in [5, 5.41) is 3.34. The molecule has 0 bridgehead atoms. The number of hydrogen-bond acceptors (Lipinski definition) is 2. The van der Waals surface area contributed by atoms with Crippen LogP contribution in [0.4, 0.5) is 10.1 Å². The quantitative estimate of drug-likeness (QED) is 0.934. The molecule has 1 N–H and O–H groups in total. The maximum absolute atomic E-state index is 13.3. The molecular weight excluding hydrogens is 297 g/mol. The molecule has 0 aliphatic rings. The van der Waals surface area contributed by atoms with E-state index in [4.69, 9.17) is 0 Å². The molecule has 1 aromatic heterocycles. The van der Waals surface area contributed by atoms with E-state index in [1.807, 2.05) is 31.7 Å². The Labute approximate surface area is 114 Å². The summed E-state index contributed by atoms with van der Waals surface area (Å²) >= 11 is 3.20. The second-order valence-electron chi connectivity index (χ2n) is 4.34. The highest BCUT2D eigenvalue weighted by molar-refractivity contribution is 9.10. The number of benzene rings is 1. The number of imidazole rings is 1. The lowest BCUT2D eigenvalue weighted by molar-refractivity contribution is 0.619. The summed E-state index contributed by atoms with van der Waals surface area (Å²) in [4.78, 5) is 4.30. The zero-order chi connectivity index (χ0) is 13.3. The van der Waals surface area contributed by atoms with Crippen molar-refractivity contribution >= 4 is 21.6 Å². The Kier molecular flexibility index (Phi) is 3.71. The lowest BCUT2D eigenvalue weighted by Gasteiger charge is -2.17. The van der Waals surface area contributed by atoms with E-state index in [1.54, 1.807) is 12.3 Å². The monoisotopic (exact) mass is 311 g/mol. The Morgan fingerprint density at radius 3 is 2.78 bits per heavy atom. The largest absolute Gasteiger partial charge is 0.375 e. The van der Waals surface area contributed by atoms with Gasteiger partial charge in [0.2, 0.25) is 0 Å². The highest BCUT2D eigenvalue weighted by atomic mass is 79.9. The fourth-order valence-corrected chi connectivity index (χ4v) is 2.24. The van der Waals surface area contributed by atoms with E-state index in [0.29, 0.717) is 4.47 Å². The lowest BCUT2D eigenvalue weighted by Crippen LogP contribution is -2.12. The zero-order valence-corrected chi connectivity index (χ0v) is 12.1. The van der Waals surface area contributed by atoms with Crippen molar-refractivity contribution in [3.8, 4) is 0 Å². The van der Waals surface area contributed by atoms with Gasteiger partial charge in [0.1, 0.15) is 11.6 Å². The summed E-state index contributed by atoms with van der Waals surface area (Å²) in [6, 6.07) is 3.32. The summed E-state index contributed by atoms with van der Waals surface area (Å²) in [6.07, 6.45) is 3.67. The van der Waals surface area contributed by atoms with Crippen molar-refractivity contribution in [3.05, 3.63) is 46.2 Å². The van der Waals surface area contributed by atoms with Crippen LogP contribution in [0.15, 0.2) is 29.0 Å². The number of hydrogen-bond donors (Lipinski definition) is 1. The first-order valence-electron chi connectivity index (χ1n) is 5.68. The Morgan fingerprint density at radius 1 is 1.44 bits per heavy atom. The van der Waals surface area contributed by atoms with Gasteiger partial charge in [-0.15, -0.1) is 0 Å². The Morgan fingerprint density at radius 2 is 2.17 bits per heavy atom. The van der Waals surface area contributed by atoms with E-state index in [9.17, 15) is 4.39 Å². The van der Waals surface area contributed by atoms with Crippen molar-refractivity contribution in [2.45, 2.75) is 19.9 Å². The van der Waals surface area contributed by atoms with Gasteiger partial charge in [-0.3, -0.25) is 0 Å². The number of anilines is 1. The lowest BCUT2D eigenvalue weighted by atomic mass is 10.1. The fraction of sp³-hybridized carbons (Fsp3) is 0.308. The average molecular weight is 312 g/mol. The highest BCUT2D eigenvalue weighted by Gasteiger charge is 2.12. The third-order valence-corrected chi connectivity index (χ3v) is 3.49. The zero-order valence-electron chi connectivity index (χ0n) is 10.5. The molecule has 0 saturated heterocycles. The third-order valence-electron chi connectivity index (χ3n) is 2.89. The van der Waals surface area contributed by atoms with Crippen LogP contribution in [0, 0.1) is 12.7 Å². The van der Waals surface area contributed by atoms with Crippen LogP contribution >= 0.6 is 15.9 Å². The number of aryl methyl sites for hydroxylation is 2. The number of nitrogens with one attached hydrogen (secondary N) is 1. The SMILES string of the molecule is Cc1cc(F)c(Br)cc1NC(C)c1nccn1C. The smallest absolute Gasteiger partial charge is 0.137 e. The summed E-state index contributed by atoms with van der Waals surface area (Å²) in [5.74, 6) is 0.692. The molecule has 0 aliphatic carbocycles. The minimum absolute atomic E-state index is 0.0565. The van der Waals surface area contributed by atoms with Gasteiger partial charge >= 0.3 is 0 Å². The van der Waals surface area contributed by atoms with Gasteiger partial charge in [0, 0.05) is 25.1 Å². The number of aromatic nitrogens is 2. The van der Waals surface area contributed by atoms with Crippen molar-refractivity contribution in [3.63, 3.8) is 0 Å². The van der Waals surface area contributed by atoms with Crippen LogP contribution in [0.1, 0.15) is 24.4 Å². The number of nitrogens with zero attached hydrogens (tertiary/aromatic N) is 2. The van der Waals surface area contributed by atoms with Crippen molar-refractivity contribution < 1.29 is 4.39 Å². The Bertz CT molecular complexity index is 565. The van der Waals surface area contributed by atoms with Gasteiger partial charge < -0.3 is 9.88 Å². The summed E-state index contributed by atoms with van der Waals surface area (Å²) < 4.78 is 15.8. The fourth-order valence-electron chi connectivity index (χ4n) is 1.89. The molecule has 5 heteroatoms. The van der Waals surface area contributed by atoms with Gasteiger partial charge in [-0.2, -0.15) is 0 Å². The van der Waals surface area contributed by atoms with Crippen LogP contribution in [0.5, 0.6) is 0 Å². The van der Waals surface area contributed by atoms with Crippen molar-refractivity contribution in [2.24, 2.45) is 7.05 Å². The maximum atomic E-state index is 13.3. The van der Waals surface area contributed by atoms with Gasteiger partial charge in [-0.05, 0) is 47.5 Å². The first-order chi connectivity index (χ1) is 8.49. The molecule has 1 atom stereocenters. The normalized spacial score (nSPS) is 12.5. The van der Waals surface area contributed by atoms with Gasteiger partial charge in [0.05, 0.1) is 10.5 Å². The first kappa shape index (κ1) is 13.1. The van der Waals surface area contributed by atoms with Crippen LogP contribution in [0.2, 0.25) is 0 Å². The minimum Gasteiger partial charge on any atom is -0.375 e.